The molecular formula is C26H26Cl2N4NiO8+2. The van der Waals surface area contributed by atoms with Crippen molar-refractivity contribution in [2.24, 2.45) is 11.5 Å². The van der Waals surface area contributed by atoms with Crippen molar-refractivity contribution in [3.05, 3.63) is 130 Å². The Hall–Kier alpha value is -4.39. The van der Waals surface area contributed by atoms with Crippen LogP contribution in [-0.2, 0) is 27.4 Å². The van der Waals surface area contributed by atoms with E-state index in [0.717, 1.165) is 0 Å². The van der Waals surface area contributed by atoms with Crippen LogP contribution < -0.4 is 21.7 Å². The molecule has 0 fully saturated rings. The number of halogens is 2. The molecule has 0 aliphatic carbocycles. The fourth-order valence-electron chi connectivity index (χ4n) is 2.27. The van der Waals surface area contributed by atoms with Gasteiger partial charge < -0.3 is 42.2 Å². The summed E-state index contributed by atoms with van der Waals surface area (Å²) in [6.07, 6.45) is 6.05. The zero-order chi connectivity index (χ0) is 28.5. The van der Waals surface area contributed by atoms with Crippen LogP contribution in [0.3, 0.4) is 0 Å². The largest absolute Gasteiger partial charge is 2.00 e. The first kappa shape index (κ1) is 41.1. The SMILES string of the molecule is NC(=O)c1cccnc1.NC(=O)c1cccnc1.O=C([O-])c1ccccc1Cl.O=C([O-])c1ccccc1Cl.[Ni+2].[OH3+].[OH3+]. The van der Waals surface area contributed by atoms with Crippen LogP contribution in [0.5, 0.6) is 0 Å². The Morgan fingerprint density at radius 1 is 0.585 bits per heavy atom. The first-order valence-corrected chi connectivity index (χ1v) is 11.1. The van der Waals surface area contributed by atoms with Gasteiger partial charge in [0.15, 0.2) is 0 Å². The number of carbonyl (C=O) groups is 4. The maximum absolute atomic E-state index is 10.4. The Morgan fingerprint density at radius 3 is 1.07 bits per heavy atom. The summed E-state index contributed by atoms with van der Waals surface area (Å²) in [6, 6.07) is 18.9. The minimum absolute atomic E-state index is 0. The van der Waals surface area contributed by atoms with Crippen molar-refractivity contribution in [2.45, 2.75) is 0 Å². The number of hydrogen-bond donors (Lipinski definition) is 2. The molecule has 0 aliphatic heterocycles. The van der Waals surface area contributed by atoms with E-state index in [4.69, 9.17) is 34.7 Å². The molecule has 0 atom stereocenters. The van der Waals surface area contributed by atoms with Crippen molar-refractivity contribution in [1.82, 2.24) is 9.97 Å². The fourth-order valence-corrected chi connectivity index (χ4v) is 2.70. The van der Waals surface area contributed by atoms with Crippen LogP contribution in [0, 0.1) is 0 Å². The van der Waals surface area contributed by atoms with E-state index in [-0.39, 0.29) is 48.6 Å². The molecule has 12 nitrogen and oxygen atoms in total. The van der Waals surface area contributed by atoms with Gasteiger partial charge in [0.2, 0.25) is 11.8 Å². The molecule has 15 heteroatoms. The molecule has 41 heavy (non-hydrogen) atoms. The third-order valence-electron chi connectivity index (χ3n) is 4.08. The van der Waals surface area contributed by atoms with Crippen molar-refractivity contribution in [2.75, 3.05) is 0 Å². The van der Waals surface area contributed by atoms with Gasteiger partial charge in [0.25, 0.3) is 0 Å². The van der Waals surface area contributed by atoms with Gasteiger partial charge >= 0.3 is 16.5 Å². The molecule has 0 spiro atoms. The van der Waals surface area contributed by atoms with Crippen molar-refractivity contribution < 1.29 is 56.8 Å². The Balaban J connectivity index is -0.000000459. The van der Waals surface area contributed by atoms with Gasteiger partial charge in [-0.05, 0) is 36.4 Å². The molecule has 0 radical (unpaired) electrons. The van der Waals surface area contributed by atoms with Gasteiger partial charge in [-0.1, -0.05) is 59.6 Å². The third kappa shape index (κ3) is 16.3. The Morgan fingerprint density at radius 2 is 0.902 bits per heavy atom. The molecule has 2 heterocycles. The van der Waals surface area contributed by atoms with Gasteiger partial charge in [0.05, 0.1) is 23.1 Å². The van der Waals surface area contributed by atoms with Gasteiger partial charge in [-0.15, -0.1) is 0 Å². The van der Waals surface area contributed by atoms with Crippen molar-refractivity contribution >= 4 is 47.0 Å². The molecule has 0 saturated heterocycles. The van der Waals surface area contributed by atoms with Crippen LogP contribution in [0.4, 0.5) is 0 Å². The van der Waals surface area contributed by atoms with Crippen molar-refractivity contribution in [1.29, 1.82) is 0 Å². The normalized spacial score (nSPS) is 8.44. The molecule has 0 bridgehead atoms. The smallest absolute Gasteiger partial charge is 0.545 e. The number of benzene rings is 2. The van der Waals surface area contributed by atoms with E-state index < -0.39 is 23.8 Å². The summed E-state index contributed by atoms with van der Waals surface area (Å²) in [7, 11) is 0. The van der Waals surface area contributed by atoms with Crippen LogP contribution >= 0.6 is 23.2 Å². The summed E-state index contributed by atoms with van der Waals surface area (Å²) in [4.78, 5) is 48.6. The molecule has 4 rings (SSSR count). The summed E-state index contributed by atoms with van der Waals surface area (Å²) >= 11 is 11.0. The van der Waals surface area contributed by atoms with E-state index in [9.17, 15) is 29.4 Å². The molecule has 2 aromatic heterocycles. The summed E-state index contributed by atoms with van der Waals surface area (Å²) in [5.41, 5.74) is 10.8. The first-order chi connectivity index (χ1) is 18.0. The second-order valence-corrected chi connectivity index (χ2v) is 7.56. The summed E-state index contributed by atoms with van der Waals surface area (Å²) in [5, 5.41) is 20.9. The number of carboxylic acid groups (broad SMARTS) is 2. The first-order valence-electron chi connectivity index (χ1n) is 10.4. The minimum atomic E-state index is -1.24. The number of nitrogens with zero attached hydrogens (tertiary/aromatic N) is 2. The molecule has 4 aromatic rings. The summed E-state index contributed by atoms with van der Waals surface area (Å²) in [5.74, 6) is -3.37. The number of hydrogen-bond acceptors (Lipinski definition) is 8. The number of aromatic carboxylic acids is 2. The van der Waals surface area contributed by atoms with Crippen LogP contribution in [0.25, 0.3) is 0 Å². The van der Waals surface area contributed by atoms with Crippen molar-refractivity contribution in [3.8, 4) is 0 Å². The molecule has 2 aromatic carbocycles. The van der Waals surface area contributed by atoms with Gasteiger partial charge in [0.1, 0.15) is 0 Å². The Bertz CT molecular complexity index is 1260. The molecule has 10 N–H and O–H groups in total. The number of primary amides is 2. The van der Waals surface area contributed by atoms with Gasteiger partial charge in [0, 0.05) is 46.0 Å². The quantitative estimate of drug-likeness (QED) is 0.222. The molecule has 2 amide bonds. The number of carboxylic acids is 2. The number of nitrogens with two attached hydrogens (primary N) is 2. The Kier molecular flexibility index (Phi) is 22.5. The number of pyridine rings is 2. The Labute approximate surface area is 254 Å². The number of amides is 2. The van der Waals surface area contributed by atoms with Crippen molar-refractivity contribution in [3.63, 3.8) is 0 Å². The molecular weight excluding hydrogens is 626 g/mol. The predicted octanol–water partition coefficient (Wildman–Crippen LogP) is -0.0783. The summed E-state index contributed by atoms with van der Waals surface area (Å²) < 4.78 is 0. The van der Waals surface area contributed by atoms with E-state index in [0.29, 0.717) is 11.1 Å². The molecule has 0 saturated carbocycles. The predicted molar refractivity (Wildman–Crippen MR) is 147 cm³/mol. The minimum Gasteiger partial charge on any atom is -0.545 e. The zero-order valence-corrected chi connectivity index (χ0v) is 23.5. The standard InChI is InChI=1S/2C7H5ClO2.2C6H6N2O.Ni.2H2O/c2*8-6-4-2-1-3-5(6)7(9)10;2*7-6(9)5-2-1-3-8-4-5;;;/h2*1-4H,(H,9,10);2*1-4H,(H2,7,9);;2*1H2/q;;;;+2;;. The van der Waals surface area contributed by atoms with E-state index >= 15 is 0 Å². The second-order valence-electron chi connectivity index (χ2n) is 6.75. The average Bonchev–Trinajstić information content (AvgIpc) is 2.91. The second kappa shape index (κ2) is 22.4. The number of carbonyl (C=O) groups excluding carboxylic acids is 4. The molecule has 220 valence electrons. The topological polar surface area (TPSA) is 258 Å². The van der Waals surface area contributed by atoms with Crippen LogP contribution in [0.2, 0.25) is 10.0 Å². The number of aromatic nitrogens is 2. The van der Waals surface area contributed by atoms with Gasteiger partial charge in [-0.3, -0.25) is 19.6 Å². The monoisotopic (exact) mass is 650 g/mol. The van der Waals surface area contributed by atoms with Crippen LogP contribution in [0.15, 0.2) is 97.6 Å². The fraction of sp³-hybridized carbons (Fsp3) is 0. The van der Waals surface area contributed by atoms with Gasteiger partial charge in [-0.2, -0.15) is 0 Å². The van der Waals surface area contributed by atoms with E-state index in [1.807, 2.05) is 0 Å². The van der Waals surface area contributed by atoms with Crippen LogP contribution in [0.1, 0.15) is 41.4 Å². The maximum atomic E-state index is 10.4. The van der Waals surface area contributed by atoms with Crippen LogP contribution in [-0.4, -0.2) is 33.7 Å². The number of rotatable bonds is 4. The average molecular weight is 652 g/mol. The molecule has 0 unspecified atom stereocenters. The maximum Gasteiger partial charge on any atom is 2.00 e. The van der Waals surface area contributed by atoms with E-state index in [2.05, 4.69) is 9.97 Å². The zero-order valence-electron chi connectivity index (χ0n) is 21.0. The third-order valence-corrected chi connectivity index (χ3v) is 4.74. The van der Waals surface area contributed by atoms with Gasteiger partial charge in [-0.25, -0.2) is 0 Å². The summed E-state index contributed by atoms with van der Waals surface area (Å²) in [6.45, 7) is 0. The molecule has 0 aliphatic rings. The van der Waals surface area contributed by atoms with E-state index in [1.165, 1.54) is 36.7 Å². The van der Waals surface area contributed by atoms with E-state index in [1.54, 1.807) is 60.9 Å².